The Bertz CT molecular complexity index is 4450. The summed E-state index contributed by atoms with van der Waals surface area (Å²) in [5, 5.41) is 3.64. The summed E-state index contributed by atoms with van der Waals surface area (Å²) in [4.78, 5) is 5.37. The summed E-state index contributed by atoms with van der Waals surface area (Å²) in [6.45, 7) is 43.8. The second kappa shape index (κ2) is 17.0. The van der Waals surface area contributed by atoms with Gasteiger partial charge in [0.05, 0.1) is 16.8 Å². The van der Waals surface area contributed by atoms with Crippen LogP contribution in [0.2, 0.25) is 0 Å². The number of rotatable bonds is 4. The summed E-state index contributed by atoms with van der Waals surface area (Å²) in [5.74, 6) is 0. The Balaban J connectivity index is 1.10. The Morgan fingerprint density at radius 1 is 0.476 bits per heavy atom. The van der Waals surface area contributed by atoms with Crippen LogP contribution >= 0.6 is 0 Å². The third-order valence-corrected chi connectivity index (χ3v) is 21.8. The van der Waals surface area contributed by atoms with Gasteiger partial charge < -0.3 is 18.8 Å². The van der Waals surface area contributed by atoms with Gasteiger partial charge in [0.25, 0.3) is 6.71 Å². The fourth-order valence-corrected chi connectivity index (χ4v) is 16.6. The monoisotopic (exact) mass is 1100 g/mol. The van der Waals surface area contributed by atoms with Crippen molar-refractivity contribution in [3.8, 4) is 16.9 Å². The molecule has 3 aliphatic carbocycles. The van der Waals surface area contributed by atoms with Gasteiger partial charge in [-0.1, -0.05) is 184 Å². The maximum Gasteiger partial charge on any atom is 0.252 e. The lowest BCUT2D eigenvalue weighted by atomic mass is 9.33. The van der Waals surface area contributed by atoms with Crippen molar-refractivity contribution in [1.82, 2.24) is 4.57 Å². The first-order valence-electron chi connectivity index (χ1n) is 31.5. The molecule has 10 aromatic rings. The third-order valence-electron chi connectivity index (χ3n) is 21.8. The Labute approximate surface area is 500 Å². The molecule has 2 aromatic heterocycles. The Morgan fingerprint density at radius 2 is 1.02 bits per heavy atom. The van der Waals surface area contributed by atoms with Crippen molar-refractivity contribution in [2.24, 2.45) is 0 Å². The van der Waals surface area contributed by atoms with Crippen molar-refractivity contribution in [2.45, 2.75) is 188 Å². The summed E-state index contributed by atoms with van der Waals surface area (Å²) < 4.78 is 9.59. The number of furan rings is 1. The number of aryl methyl sites for hydroxylation is 2. The molecule has 0 N–H and O–H groups in total. The largest absolute Gasteiger partial charge is 0.456 e. The van der Waals surface area contributed by atoms with Gasteiger partial charge >= 0.3 is 0 Å². The SMILES string of the molecule is Cc1cc2c(cc1N(c1ccc3c(c1)N(c1cccc4oc5ccccc5c14)c1cc(C(C)(C)C)cc4c1B3c1cc(C(C)(C)C)cc3c5c(n-4c13)-c1ccccc1C5(C)C)c1cc3c(cc1C)C(C)(C)CCC3(C)C)C(C)(C)CCC2(C)C. The maximum atomic E-state index is 6.86. The molecule has 0 atom stereocenters. The van der Waals surface area contributed by atoms with E-state index >= 15 is 0 Å². The highest BCUT2D eigenvalue weighted by Gasteiger charge is 2.49. The Hall–Kier alpha value is -7.24. The highest BCUT2D eigenvalue weighted by atomic mass is 16.3. The highest BCUT2D eigenvalue weighted by Crippen LogP contribution is 2.58. The van der Waals surface area contributed by atoms with E-state index in [0.717, 1.165) is 46.2 Å². The molecule has 0 spiro atoms. The van der Waals surface area contributed by atoms with Crippen LogP contribution in [0.25, 0.3) is 49.8 Å². The molecule has 0 radical (unpaired) electrons. The number of benzene rings is 8. The van der Waals surface area contributed by atoms with E-state index in [0.29, 0.717) is 0 Å². The lowest BCUT2D eigenvalue weighted by molar-refractivity contribution is 0.331. The Kier molecular flexibility index (Phi) is 10.8. The minimum Gasteiger partial charge on any atom is -0.456 e. The summed E-state index contributed by atoms with van der Waals surface area (Å²) in [5.41, 5.74) is 32.2. The van der Waals surface area contributed by atoms with E-state index in [1.54, 1.807) is 0 Å². The summed E-state index contributed by atoms with van der Waals surface area (Å²) in [7, 11) is 0. The van der Waals surface area contributed by atoms with E-state index in [2.05, 4.69) is 272 Å². The average Bonchev–Trinajstić information content (AvgIpc) is 1.56. The number of hydrogen-bond donors (Lipinski definition) is 0. The minimum absolute atomic E-state index is 0.0177. The Morgan fingerprint density at radius 3 is 1.64 bits per heavy atom. The number of aromatic nitrogens is 1. The van der Waals surface area contributed by atoms with Crippen LogP contribution in [0.1, 0.15) is 192 Å². The quantitative estimate of drug-likeness (QED) is 0.164. The van der Waals surface area contributed by atoms with Crippen LogP contribution in [0, 0.1) is 13.8 Å². The third kappa shape index (κ3) is 7.32. The number of anilines is 6. The molecule has 0 saturated carbocycles. The molecule has 5 aliphatic rings. The van der Waals surface area contributed by atoms with Crippen molar-refractivity contribution in [3.63, 3.8) is 0 Å². The molecule has 4 heterocycles. The number of nitrogens with zero attached hydrogens (tertiary/aromatic N) is 3. The van der Waals surface area contributed by atoms with Crippen LogP contribution in [0.5, 0.6) is 0 Å². The molecular weight excluding hydrogens is 1020 g/mol. The number of fused-ring (bicyclic) bond motifs is 14. The van der Waals surface area contributed by atoms with Crippen molar-refractivity contribution in [2.75, 3.05) is 9.80 Å². The lowest BCUT2D eigenvalue weighted by Crippen LogP contribution is -2.60. The van der Waals surface area contributed by atoms with Gasteiger partial charge in [0, 0.05) is 61.4 Å². The molecule has 5 heteroatoms. The van der Waals surface area contributed by atoms with Crippen molar-refractivity contribution in [1.29, 1.82) is 0 Å². The zero-order chi connectivity index (χ0) is 59.1. The van der Waals surface area contributed by atoms with Gasteiger partial charge in [0.1, 0.15) is 11.2 Å². The zero-order valence-corrected chi connectivity index (χ0v) is 53.4. The highest BCUT2D eigenvalue weighted by molar-refractivity contribution is 7.00. The second-order valence-corrected chi connectivity index (χ2v) is 31.6. The van der Waals surface area contributed by atoms with Gasteiger partial charge in [0.15, 0.2) is 0 Å². The van der Waals surface area contributed by atoms with Crippen LogP contribution in [-0.4, -0.2) is 11.3 Å². The molecule has 8 aromatic carbocycles. The van der Waals surface area contributed by atoms with Gasteiger partial charge in [-0.05, 0) is 205 Å². The smallest absolute Gasteiger partial charge is 0.252 e. The van der Waals surface area contributed by atoms with Gasteiger partial charge in [-0.25, -0.2) is 0 Å². The number of para-hydroxylation sites is 1. The first-order valence-corrected chi connectivity index (χ1v) is 31.5. The lowest BCUT2D eigenvalue weighted by Gasteiger charge is -2.45. The van der Waals surface area contributed by atoms with Gasteiger partial charge in [0.2, 0.25) is 0 Å². The van der Waals surface area contributed by atoms with Crippen molar-refractivity contribution < 1.29 is 4.42 Å². The molecule has 0 unspecified atom stereocenters. The normalized spacial score (nSPS) is 18.1. The molecule has 0 amide bonds. The van der Waals surface area contributed by atoms with Crippen molar-refractivity contribution in [3.05, 3.63) is 189 Å². The standard InChI is InChI=1S/C79H84BN3O/c1-45-36-54-56(77(13,14)34-32-75(54,9)10)43-61(45)81(62-44-57-55(37-46(62)2)76(11,12)33-35-78(57,15)16)49-30-31-58-63(42-49)82(60-27-23-29-67-68(60)51-25-20-22-28-66(51)84-67)64-40-48(74(6,7)8)41-65-70(64)80(58)59-39-47(73(3,4)5)38-52-69-72(83(65)71(52)59)50-24-19-21-26-53(50)79(69,17)18/h19-31,36-44H,32-35H2,1-18H3. The molecule has 424 valence electrons. The molecule has 0 bridgehead atoms. The van der Waals surface area contributed by atoms with E-state index in [9.17, 15) is 0 Å². The van der Waals surface area contributed by atoms with Crippen LogP contribution in [-0.2, 0) is 37.9 Å². The van der Waals surface area contributed by atoms with Gasteiger partial charge in [-0.15, -0.1) is 0 Å². The van der Waals surface area contributed by atoms with Crippen LogP contribution in [0.15, 0.2) is 138 Å². The van der Waals surface area contributed by atoms with Crippen molar-refractivity contribution >= 4 is 90.1 Å². The van der Waals surface area contributed by atoms with E-state index in [-0.39, 0.29) is 44.6 Å². The van der Waals surface area contributed by atoms with Gasteiger partial charge in [-0.2, -0.15) is 0 Å². The zero-order valence-electron chi connectivity index (χ0n) is 53.4. The minimum atomic E-state index is -0.215. The fraction of sp³-hybridized carbons (Fsp3) is 0.367. The molecule has 2 aliphatic heterocycles. The van der Waals surface area contributed by atoms with E-state index in [1.807, 2.05) is 0 Å². The second-order valence-electron chi connectivity index (χ2n) is 31.6. The maximum absolute atomic E-state index is 6.86. The van der Waals surface area contributed by atoms with Crippen LogP contribution in [0.3, 0.4) is 0 Å². The summed E-state index contributed by atoms with van der Waals surface area (Å²) in [6, 6.07) is 53.0. The molecule has 0 saturated heterocycles. The topological polar surface area (TPSA) is 24.6 Å². The molecular formula is C79H84BN3O. The van der Waals surface area contributed by atoms with Gasteiger partial charge in [-0.3, -0.25) is 0 Å². The molecule has 15 rings (SSSR count). The molecule has 4 nitrogen and oxygen atoms in total. The van der Waals surface area contributed by atoms with Crippen LogP contribution in [0.4, 0.5) is 34.1 Å². The average molecular weight is 1100 g/mol. The molecule has 0 fully saturated rings. The van der Waals surface area contributed by atoms with Crippen LogP contribution < -0.4 is 26.2 Å². The first kappa shape index (κ1) is 53.5. The molecule has 84 heavy (non-hydrogen) atoms. The summed E-state index contributed by atoms with van der Waals surface area (Å²) in [6.07, 6.45) is 4.65. The fourth-order valence-electron chi connectivity index (χ4n) is 16.6. The van der Waals surface area contributed by atoms with E-state index < -0.39 is 0 Å². The number of hydrogen-bond acceptors (Lipinski definition) is 3. The predicted molar refractivity (Wildman–Crippen MR) is 360 cm³/mol. The van der Waals surface area contributed by atoms with E-state index in [4.69, 9.17) is 4.42 Å². The predicted octanol–water partition coefficient (Wildman–Crippen LogP) is 19.8. The summed E-state index contributed by atoms with van der Waals surface area (Å²) >= 11 is 0. The van der Waals surface area contributed by atoms with E-state index in [1.165, 1.54) is 135 Å². The first-order chi connectivity index (χ1) is 39.5.